The number of urea groups is 1. The van der Waals surface area contributed by atoms with Crippen molar-refractivity contribution in [2.45, 2.75) is 52.2 Å². The summed E-state index contributed by atoms with van der Waals surface area (Å²) in [5.41, 5.74) is 3.04. The van der Waals surface area contributed by atoms with Gasteiger partial charge in [-0.05, 0) is 44.6 Å². The summed E-state index contributed by atoms with van der Waals surface area (Å²) in [5, 5.41) is 5.53. The number of aryl methyl sites for hydroxylation is 1. The predicted molar refractivity (Wildman–Crippen MR) is 91.2 cm³/mol. The van der Waals surface area contributed by atoms with Crippen molar-refractivity contribution in [1.29, 1.82) is 0 Å². The van der Waals surface area contributed by atoms with Crippen LogP contribution in [0.1, 0.15) is 50.3 Å². The van der Waals surface area contributed by atoms with Crippen LogP contribution in [0.4, 0.5) is 4.79 Å². The summed E-state index contributed by atoms with van der Waals surface area (Å²) in [5.74, 6) is 0.0446. The zero-order valence-corrected chi connectivity index (χ0v) is 14.4. The first-order chi connectivity index (χ1) is 11.5. The summed E-state index contributed by atoms with van der Waals surface area (Å²) in [6.45, 7) is 5.86. The van der Waals surface area contributed by atoms with E-state index in [2.05, 4.69) is 17.6 Å². The topological polar surface area (TPSA) is 67.4 Å². The van der Waals surface area contributed by atoms with Crippen LogP contribution in [0.25, 0.3) is 0 Å². The fourth-order valence-electron chi connectivity index (χ4n) is 3.46. The SMILES string of the molecule is CC1=C(C(=O)O[C@H]2CCC[C@H]2C)[C@@H](c2ccc(C)cc2)NC(=O)N1. The molecule has 0 saturated heterocycles. The van der Waals surface area contributed by atoms with E-state index in [1.165, 1.54) is 0 Å². The van der Waals surface area contributed by atoms with Crippen molar-refractivity contribution in [1.82, 2.24) is 10.6 Å². The van der Waals surface area contributed by atoms with E-state index in [-0.39, 0.29) is 18.1 Å². The molecule has 1 heterocycles. The summed E-state index contributed by atoms with van der Waals surface area (Å²) in [6.07, 6.45) is 3.06. The average Bonchev–Trinajstić information content (AvgIpc) is 2.92. The number of rotatable bonds is 3. The van der Waals surface area contributed by atoms with E-state index in [4.69, 9.17) is 4.74 Å². The fourth-order valence-corrected chi connectivity index (χ4v) is 3.46. The number of carbonyl (C=O) groups is 2. The normalized spacial score (nSPS) is 26.8. The summed E-state index contributed by atoms with van der Waals surface area (Å²) in [6, 6.07) is 7.03. The molecule has 1 fully saturated rings. The Hall–Kier alpha value is -2.30. The lowest BCUT2D eigenvalue weighted by Gasteiger charge is -2.29. The van der Waals surface area contributed by atoms with Crippen LogP contribution in [0, 0.1) is 12.8 Å². The van der Waals surface area contributed by atoms with Gasteiger partial charge < -0.3 is 15.4 Å². The largest absolute Gasteiger partial charge is 0.459 e. The number of esters is 1. The lowest BCUT2D eigenvalue weighted by Crippen LogP contribution is -2.45. The van der Waals surface area contributed by atoms with Gasteiger partial charge in [0.25, 0.3) is 0 Å². The second-order valence-electron chi connectivity index (χ2n) is 6.83. The molecule has 1 saturated carbocycles. The molecule has 1 aliphatic heterocycles. The maximum atomic E-state index is 12.8. The molecule has 2 aliphatic rings. The molecule has 0 spiro atoms. The smallest absolute Gasteiger partial charge is 0.338 e. The highest BCUT2D eigenvalue weighted by Gasteiger charge is 2.35. The number of ether oxygens (including phenoxy) is 1. The van der Waals surface area contributed by atoms with E-state index < -0.39 is 6.04 Å². The predicted octanol–water partition coefficient (Wildman–Crippen LogP) is 3.35. The van der Waals surface area contributed by atoms with E-state index in [0.717, 1.165) is 30.4 Å². The monoisotopic (exact) mass is 328 g/mol. The minimum Gasteiger partial charge on any atom is -0.459 e. The van der Waals surface area contributed by atoms with Gasteiger partial charge in [-0.3, -0.25) is 0 Å². The van der Waals surface area contributed by atoms with Gasteiger partial charge in [0.15, 0.2) is 0 Å². The second-order valence-corrected chi connectivity index (χ2v) is 6.83. The molecule has 5 heteroatoms. The molecule has 0 aromatic heterocycles. The molecule has 2 amide bonds. The molecule has 1 aliphatic carbocycles. The van der Waals surface area contributed by atoms with E-state index >= 15 is 0 Å². The maximum Gasteiger partial charge on any atom is 0.338 e. The van der Waals surface area contributed by atoms with Crippen molar-refractivity contribution >= 4 is 12.0 Å². The second kappa shape index (κ2) is 6.67. The lowest BCUT2D eigenvalue weighted by molar-refractivity contribution is -0.146. The van der Waals surface area contributed by atoms with Gasteiger partial charge in [0.05, 0.1) is 11.6 Å². The Balaban J connectivity index is 1.88. The number of benzene rings is 1. The molecule has 3 atom stereocenters. The van der Waals surface area contributed by atoms with Crippen LogP contribution < -0.4 is 10.6 Å². The molecule has 0 unspecified atom stereocenters. The quantitative estimate of drug-likeness (QED) is 0.836. The molecule has 2 N–H and O–H groups in total. The van der Waals surface area contributed by atoms with Crippen LogP contribution in [0.5, 0.6) is 0 Å². The Bertz CT molecular complexity index is 678. The molecular weight excluding hydrogens is 304 g/mol. The first kappa shape index (κ1) is 16.6. The van der Waals surface area contributed by atoms with Crippen LogP contribution in [-0.4, -0.2) is 18.1 Å². The third-order valence-electron chi connectivity index (χ3n) is 4.94. The van der Waals surface area contributed by atoms with E-state index in [1.807, 2.05) is 31.2 Å². The molecule has 1 aromatic carbocycles. The third-order valence-corrected chi connectivity index (χ3v) is 4.94. The van der Waals surface area contributed by atoms with Gasteiger partial charge in [0, 0.05) is 5.70 Å². The molecule has 5 nitrogen and oxygen atoms in total. The number of allylic oxidation sites excluding steroid dienone is 1. The summed E-state index contributed by atoms with van der Waals surface area (Å²) < 4.78 is 5.76. The Kier molecular flexibility index (Phi) is 4.60. The number of nitrogens with one attached hydrogen (secondary N) is 2. The summed E-state index contributed by atoms with van der Waals surface area (Å²) in [4.78, 5) is 24.7. The third kappa shape index (κ3) is 3.30. The Morgan fingerprint density at radius 2 is 1.88 bits per heavy atom. The number of carbonyl (C=O) groups excluding carboxylic acids is 2. The van der Waals surface area contributed by atoms with E-state index in [9.17, 15) is 9.59 Å². The lowest BCUT2D eigenvalue weighted by atomic mass is 9.95. The maximum absolute atomic E-state index is 12.8. The standard InChI is InChI=1S/C19H24N2O3/c1-11-7-9-14(10-8-11)17-16(13(3)20-19(23)21-17)18(22)24-15-6-4-5-12(15)2/h7-10,12,15,17H,4-6H2,1-3H3,(H2,20,21,23)/t12-,15+,17-/m1/s1. The number of hydrogen-bond donors (Lipinski definition) is 2. The molecule has 0 radical (unpaired) electrons. The van der Waals surface area contributed by atoms with Crippen molar-refractivity contribution in [2.75, 3.05) is 0 Å². The fraction of sp³-hybridized carbons (Fsp3) is 0.474. The Labute approximate surface area is 142 Å². The van der Waals surface area contributed by atoms with Crippen LogP contribution in [0.2, 0.25) is 0 Å². The highest BCUT2D eigenvalue weighted by atomic mass is 16.5. The molecule has 1 aromatic rings. The highest BCUT2D eigenvalue weighted by molar-refractivity contribution is 5.95. The van der Waals surface area contributed by atoms with Crippen molar-refractivity contribution in [3.05, 3.63) is 46.7 Å². The first-order valence-electron chi connectivity index (χ1n) is 8.51. The Morgan fingerprint density at radius 1 is 1.17 bits per heavy atom. The summed E-state index contributed by atoms with van der Waals surface area (Å²) >= 11 is 0. The molecule has 24 heavy (non-hydrogen) atoms. The van der Waals surface area contributed by atoms with Gasteiger partial charge >= 0.3 is 12.0 Å². The molecular formula is C19H24N2O3. The van der Waals surface area contributed by atoms with Gasteiger partial charge in [-0.2, -0.15) is 0 Å². The zero-order valence-electron chi connectivity index (χ0n) is 14.4. The van der Waals surface area contributed by atoms with Crippen molar-refractivity contribution in [3.8, 4) is 0 Å². The minimum absolute atomic E-state index is 0.0332. The van der Waals surface area contributed by atoms with Gasteiger partial charge in [0.2, 0.25) is 0 Å². The van der Waals surface area contributed by atoms with Crippen LogP contribution in [-0.2, 0) is 9.53 Å². The molecule has 0 bridgehead atoms. The number of amides is 2. The van der Waals surface area contributed by atoms with Gasteiger partial charge in [-0.25, -0.2) is 9.59 Å². The highest BCUT2D eigenvalue weighted by Crippen LogP contribution is 2.32. The first-order valence-corrected chi connectivity index (χ1v) is 8.51. The molecule has 3 rings (SSSR count). The van der Waals surface area contributed by atoms with Gasteiger partial charge in [-0.1, -0.05) is 36.8 Å². The van der Waals surface area contributed by atoms with Crippen molar-refractivity contribution in [2.24, 2.45) is 5.92 Å². The van der Waals surface area contributed by atoms with Crippen LogP contribution >= 0.6 is 0 Å². The average molecular weight is 328 g/mol. The Morgan fingerprint density at radius 3 is 2.50 bits per heavy atom. The van der Waals surface area contributed by atoms with Gasteiger partial charge in [-0.15, -0.1) is 0 Å². The van der Waals surface area contributed by atoms with Crippen molar-refractivity contribution < 1.29 is 14.3 Å². The summed E-state index contributed by atoms with van der Waals surface area (Å²) in [7, 11) is 0. The van der Waals surface area contributed by atoms with E-state index in [0.29, 0.717) is 17.2 Å². The van der Waals surface area contributed by atoms with Gasteiger partial charge in [0.1, 0.15) is 6.10 Å². The number of hydrogen-bond acceptors (Lipinski definition) is 3. The van der Waals surface area contributed by atoms with Crippen LogP contribution in [0.15, 0.2) is 35.5 Å². The van der Waals surface area contributed by atoms with Crippen molar-refractivity contribution in [3.63, 3.8) is 0 Å². The van der Waals surface area contributed by atoms with Crippen LogP contribution in [0.3, 0.4) is 0 Å². The minimum atomic E-state index is -0.483. The molecule has 128 valence electrons. The van der Waals surface area contributed by atoms with E-state index in [1.54, 1.807) is 6.92 Å². The zero-order chi connectivity index (χ0) is 17.3.